The molecule has 0 radical (unpaired) electrons. The lowest BCUT2D eigenvalue weighted by molar-refractivity contribution is -0.141. The fourth-order valence-corrected chi connectivity index (χ4v) is 3.44. The Labute approximate surface area is 102 Å². The van der Waals surface area contributed by atoms with E-state index < -0.39 is 22.1 Å². The van der Waals surface area contributed by atoms with Crippen molar-refractivity contribution in [3.63, 3.8) is 0 Å². The Balaban J connectivity index is 2.67. The van der Waals surface area contributed by atoms with Crippen molar-refractivity contribution in [1.29, 1.82) is 0 Å². The van der Waals surface area contributed by atoms with Crippen LogP contribution in [0.25, 0.3) is 0 Å². The van der Waals surface area contributed by atoms with Gasteiger partial charge in [-0.2, -0.15) is 17.0 Å². The van der Waals surface area contributed by atoms with E-state index in [0.29, 0.717) is 19.0 Å². The Hall–Kier alpha value is -0.660. The molecular formula is C10H20N2O4S. The molecule has 0 bridgehead atoms. The molecule has 2 unspecified atom stereocenters. The second kappa shape index (κ2) is 5.32. The predicted octanol–water partition coefficient (Wildman–Crippen LogP) is 0.226. The number of aliphatic carboxylic acids is 1. The minimum Gasteiger partial charge on any atom is -0.481 e. The molecule has 0 aromatic carbocycles. The Bertz CT molecular complexity index is 382. The van der Waals surface area contributed by atoms with Crippen LogP contribution in [0.2, 0.25) is 0 Å². The number of carbonyl (C=O) groups is 1. The number of hydrogen-bond acceptors (Lipinski definition) is 3. The van der Waals surface area contributed by atoms with Gasteiger partial charge >= 0.3 is 5.97 Å². The van der Waals surface area contributed by atoms with Crippen molar-refractivity contribution in [3.05, 3.63) is 0 Å². The SMILES string of the molecule is CC1CCN(S(=O)(=O)N(C)CC(C)C(=O)O)C1. The highest BCUT2D eigenvalue weighted by Crippen LogP contribution is 2.20. The van der Waals surface area contributed by atoms with Gasteiger partial charge in [-0.05, 0) is 12.3 Å². The predicted molar refractivity (Wildman–Crippen MR) is 63.7 cm³/mol. The van der Waals surface area contributed by atoms with Gasteiger partial charge in [-0.1, -0.05) is 13.8 Å². The molecule has 1 aliphatic rings. The third-order valence-corrected chi connectivity index (χ3v) is 4.98. The fourth-order valence-electron chi connectivity index (χ4n) is 1.86. The molecule has 0 spiro atoms. The Morgan fingerprint density at radius 1 is 1.59 bits per heavy atom. The van der Waals surface area contributed by atoms with Gasteiger partial charge in [-0.15, -0.1) is 0 Å². The van der Waals surface area contributed by atoms with E-state index in [4.69, 9.17) is 5.11 Å². The van der Waals surface area contributed by atoms with Crippen molar-refractivity contribution < 1.29 is 18.3 Å². The molecule has 1 rings (SSSR count). The molecular weight excluding hydrogens is 244 g/mol. The lowest BCUT2D eigenvalue weighted by Crippen LogP contribution is -2.43. The first-order chi connectivity index (χ1) is 7.75. The van der Waals surface area contributed by atoms with Gasteiger partial charge in [0.2, 0.25) is 0 Å². The highest BCUT2D eigenvalue weighted by atomic mass is 32.2. The van der Waals surface area contributed by atoms with Crippen molar-refractivity contribution in [2.45, 2.75) is 20.3 Å². The molecule has 1 saturated heterocycles. The Morgan fingerprint density at radius 3 is 2.59 bits per heavy atom. The molecule has 0 aliphatic carbocycles. The highest BCUT2D eigenvalue weighted by molar-refractivity contribution is 7.86. The van der Waals surface area contributed by atoms with Crippen molar-refractivity contribution in [1.82, 2.24) is 8.61 Å². The van der Waals surface area contributed by atoms with Gasteiger partial charge in [-0.25, -0.2) is 0 Å². The van der Waals surface area contributed by atoms with Crippen LogP contribution in [-0.4, -0.2) is 54.8 Å². The van der Waals surface area contributed by atoms with Crippen molar-refractivity contribution in [2.24, 2.45) is 11.8 Å². The van der Waals surface area contributed by atoms with Crippen LogP contribution in [0.5, 0.6) is 0 Å². The normalized spacial score (nSPS) is 24.1. The smallest absolute Gasteiger partial charge is 0.307 e. The Morgan fingerprint density at radius 2 is 2.18 bits per heavy atom. The van der Waals surface area contributed by atoms with Crippen LogP contribution in [0.4, 0.5) is 0 Å². The maximum absolute atomic E-state index is 12.1. The summed E-state index contributed by atoms with van der Waals surface area (Å²) in [5, 5.41) is 8.77. The van der Waals surface area contributed by atoms with Crippen molar-refractivity contribution in [3.8, 4) is 0 Å². The summed E-state index contributed by atoms with van der Waals surface area (Å²) in [6.45, 7) is 4.56. The molecule has 0 aromatic rings. The van der Waals surface area contributed by atoms with Crippen LogP contribution in [-0.2, 0) is 15.0 Å². The standard InChI is InChI=1S/C10H20N2O4S/c1-8-4-5-12(6-8)17(15,16)11(3)7-9(2)10(13)14/h8-9H,4-7H2,1-3H3,(H,13,14). The second-order valence-corrected chi connectivity index (χ2v) is 6.81. The monoisotopic (exact) mass is 264 g/mol. The topological polar surface area (TPSA) is 77.9 Å². The summed E-state index contributed by atoms with van der Waals surface area (Å²) >= 11 is 0. The van der Waals surface area contributed by atoms with Gasteiger partial charge in [-0.3, -0.25) is 4.79 Å². The number of hydrogen-bond donors (Lipinski definition) is 1. The molecule has 7 heteroatoms. The van der Waals surface area contributed by atoms with E-state index in [1.54, 1.807) is 0 Å². The van der Waals surface area contributed by atoms with Gasteiger partial charge < -0.3 is 5.11 Å². The first-order valence-electron chi connectivity index (χ1n) is 5.69. The quantitative estimate of drug-likeness (QED) is 0.771. The van der Waals surface area contributed by atoms with Crippen LogP contribution in [0.3, 0.4) is 0 Å². The zero-order valence-corrected chi connectivity index (χ0v) is 11.3. The fraction of sp³-hybridized carbons (Fsp3) is 0.900. The van der Waals surface area contributed by atoms with Gasteiger partial charge in [0.15, 0.2) is 0 Å². The number of carboxylic acid groups (broad SMARTS) is 1. The summed E-state index contributed by atoms with van der Waals surface area (Å²) in [5.74, 6) is -1.31. The molecule has 0 aromatic heterocycles. The van der Waals surface area contributed by atoms with E-state index in [9.17, 15) is 13.2 Å². The first-order valence-corrected chi connectivity index (χ1v) is 7.09. The highest BCUT2D eigenvalue weighted by Gasteiger charge is 2.33. The third-order valence-electron chi connectivity index (χ3n) is 3.06. The lowest BCUT2D eigenvalue weighted by atomic mass is 10.2. The zero-order valence-electron chi connectivity index (χ0n) is 10.5. The minimum absolute atomic E-state index is 0.00253. The van der Waals surface area contributed by atoms with Crippen LogP contribution in [0, 0.1) is 11.8 Å². The summed E-state index contributed by atoms with van der Waals surface area (Å²) in [7, 11) is -2.07. The summed E-state index contributed by atoms with van der Waals surface area (Å²) < 4.78 is 26.7. The molecule has 100 valence electrons. The molecule has 1 heterocycles. The molecule has 2 atom stereocenters. The van der Waals surface area contributed by atoms with Crippen LogP contribution >= 0.6 is 0 Å². The maximum Gasteiger partial charge on any atom is 0.307 e. The van der Waals surface area contributed by atoms with E-state index in [0.717, 1.165) is 10.7 Å². The van der Waals surface area contributed by atoms with E-state index in [1.165, 1.54) is 18.3 Å². The zero-order chi connectivity index (χ0) is 13.2. The average molecular weight is 264 g/mol. The van der Waals surface area contributed by atoms with Gasteiger partial charge in [0.05, 0.1) is 5.92 Å². The summed E-state index contributed by atoms with van der Waals surface area (Å²) in [6, 6.07) is 0. The largest absolute Gasteiger partial charge is 0.481 e. The number of carboxylic acids is 1. The van der Waals surface area contributed by atoms with E-state index >= 15 is 0 Å². The van der Waals surface area contributed by atoms with Crippen molar-refractivity contribution in [2.75, 3.05) is 26.7 Å². The maximum atomic E-state index is 12.1. The number of rotatable bonds is 5. The second-order valence-electron chi connectivity index (χ2n) is 4.78. The first kappa shape index (κ1) is 14.4. The lowest BCUT2D eigenvalue weighted by Gasteiger charge is -2.25. The molecule has 0 saturated carbocycles. The molecule has 1 N–H and O–H groups in total. The van der Waals surface area contributed by atoms with E-state index in [-0.39, 0.29) is 6.54 Å². The van der Waals surface area contributed by atoms with Gasteiger partial charge in [0.1, 0.15) is 0 Å². The molecule has 0 amide bonds. The molecule has 17 heavy (non-hydrogen) atoms. The third kappa shape index (κ3) is 3.40. The van der Waals surface area contributed by atoms with Crippen LogP contribution < -0.4 is 0 Å². The van der Waals surface area contributed by atoms with Crippen molar-refractivity contribution >= 4 is 16.2 Å². The van der Waals surface area contributed by atoms with Crippen LogP contribution in [0.15, 0.2) is 0 Å². The minimum atomic E-state index is -3.50. The summed E-state index contributed by atoms with van der Waals surface area (Å²) in [4.78, 5) is 10.7. The van der Waals surface area contributed by atoms with Gasteiger partial charge in [0, 0.05) is 26.7 Å². The summed E-state index contributed by atoms with van der Waals surface area (Å²) in [6.07, 6.45) is 0.863. The number of nitrogens with zero attached hydrogens (tertiary/aromatic N) is 2. The Kier molecular flexibility index (Phi) is 4.51. The summed E-state index contributed by atoms with van der Waals surface area (Å²) in [5.41, 5.74) is 0. The molecule has 1 fully saturated rings. The average Bonchev–Trinajstić information content (AvgIpc) is 2.64. The van der Waals surface area contributed by atoms with Gasteiger partial charge in [0.25, 0.3) is 10.2 Å². The van der Waals surface area contributed by atoms with E-state index in [1.807, 2.05) is 6.92 Å². The van der Waals surface area contributed by atoms with Crippen LogP contribution in [0.1, 0.15) is 20.3 Å². The molecule has 6 nitrogen and oxygen atoms in total. The molecule has 1 aliphatic heterocycles. The van der Waals surface area contributed by atoms with E-state index in [2.05, 4.69) is 0 Å².